The van der Waals surface area contributed by atoms with Gasteiger partial charge in [0.25, 0.3) is 0 Å². The summed E-state index contributed by atoms with van der Waals surface area (Å²) >= 11 is 0. The zero-order valence-corrected chi connectivity index (χ0v) is 15.0. The number of ether oxygens (including phenoxy) is 2. The van der Waals surface area contributed by atoms with Gasteiger partial charge >= 0.3 is 5.97 Å². The van der Waals surface area contributed by atoms with E-state index in [1.165, 1.54) is 0 Å². The minimum atomic E-state index is -0.917. The lowest BCUT2D eigenvalue weighted by Crippen LogP contribution is -2.45. The third-order valence-electron chi connectivity index (χ3n) is 5.48. The third-order valence-corrected chi connectivity index (χ3v) is 5.48. The van der Waals surface area contributed by atoms with Crippen molar-refractivity contribution in [3.05, 3.63) is 59.7 Å². The van der Waals surface area contributed by atoms with E-state index in [0.717, 1.165) is 16.9 Å². The summed E-state index contributed by atoms with van der Waals surface area (Å²) in [6.45, 7) is 2.19. The molecule has 2 aromatic carbocycles. The van der Waals surface area contributed by atoms with Crippen LogP contribution in [0.2, 0.25) is 0 Å². The number of aliphatic hydroxyl groups excluding tert-OH is 1. The second-order valence-corrected chi connectivity index (χ2v) is 7.23. The Morgan fingerprint density at radius 1 is 1.26 bits per heavy atom. The molecule has 0 radical (unpaired) electrons. The van der Waals surface area contributed by atoms with Crippen LogP contribution in [0, 0.1) is 5.41 Å². The molecule has 6 nitrogen and oxygen atoms in total. The van der Waals surface area contributed by atoms with Crippen molar-refractivity contribution in [1.82, 2.24) is 4.90 Å². The van der Waals surface area contributed by atoms with E-state index < -0.39 is 11.4 Å². The van der Waals surface area contributed by atoms with Crippen LogP contribution in [0.3, 0.4) is 0 Å². The summed E-state index contributed by atoms with van der Waals surface area (Å²) in [5.74, 6) is 0.610. The smallest absolute Gasteiger partial charge is 0.315 e. The fraction of sp³-hybridized carbons (Fsp3) is 0.381. The van der Waals surface area contributed by atoms with Gasteiger partial charge in [0, 0.05) is 25.6 Å². The van der Waals surface area contributed by atoms with Gasteiger partial charge in [-0.15, -0.1) is 0 Å². The minimum absolute atomic E-state index is 0.0292. The summed E-state index contributed by atoms with van der Waals surface area (Å²) in [5.41, 5.74) is 1.12. The molecular weight excluding hydrogens is 346 g/mol. The Labute approximate surface area is 157 Å². The average Bonchev–Trinajstić information content (AvgIpc) is 3.06. The van der Waals surface area contributed by atoms with Crippen molar-refractivity contribution in [3.8, 4) is 11.5 Å². The highest BCUT2D eigenvalue weighted by Gasteiger charge is 2.56. The molecule has 2 aliphatic heterocycles. The first-order valence-corrected chi connectivity index (χ1v) is 9.12. The van der Waals surface area contributed by atoms with Crippen LogP contribution in [-0.4, -0.2) is 54.0 Å². The number of hydrogen-bond donors (Lipinski definition) is 2. The maximum Gasteiger partial charge on any atom is 0.315 e. The molecule has 0 aromatic heterocycles. The van der Waals surface area contributed by atoms with E-state index in [4.69, 9.17) is 14.6 Å². The Hall–Kier alpha value is -2.57. The molecule has 0 bridgehead atoms. The molecule has 2 aliphatic rings. The highest BCUT2D eigenvalue weighted by Crippen LogP contribution is 2.49. The summed E-state index contributed by atoms with van der Waals surface area (Å²) in [6, 6.07) is 15.4. The number of likely N-dealkylation sites (tertiary alicyclic amines) is 1. The monoisotopic (exact) mass is 369 g/mol. The predicted octanol–water partition coefficient (Wildman–Crippen LogP) is 2.12. The van der Waals surface area contributed by atoms with E-state index >= 15 is 0 Å². The quantitative estimate of drug-likeness (QED) is 0.812. The maximum atomic E-state index is 12.2. The van der Waals surface area contributed by atoms with Crippen molar-refractivity contribution < 1.29 is 24.5 Å². The Bertz CT molecular complexity index is 839. The molecule has 2 heterocycles. The number of aliphatic carboxylic acids is 1. The van der Waals surface area contributed by atoms with Crippen molar-refractivity contribution >= 4 is 5.97 Å². The second-order valence-electron chi connectivity index (χ2n) is 7.23. The van der Waals surface area contributed by atoms with Gasteiger partial charge in [-0.3, -0.25) is 9.69 Å². The molecule has 6 heteroatoms. The lowest BCUT2D eigenvalue weighted by Gasteiger charge is -2.35. The molecule has 0 spiro atoms. The molecule has 27 heavy (non-hydrogen) atoms. The zero-order chi connectivity index (χ0) is 18.9. The fourth-order valence-electron chi connectivity index (χ4n) is 4.21. The molecule has 4 rings (SSSR count). The van der Waals surface area contributed by atoms with E-state index in [2.05, 4.69) is 4.90 Å². The van der Waals surface area contributed by atoms with E-state index in [-0.39, 0.29) is 25.7 Å². The van der Waals surface area contributed by atoms with E-state index in [9.17, 15) is 9.90 Å². The number of carboxylic acid groups (broad SMARTS) is 1. The first kappa shape index (κ1) is 17.8. The van der Waals surface area contributed by atoms with Crippen LogP contribution in [0.4, 0.5) is 0 Å². The molecule has 0 unspecified atom stereocenters. The van der Waals surface area contributed by atoms with Crippen molar-refractivity contribution in [3.63, 3.8) is 0 Å². The highest BCUT2D eigenvalue weighted by molar-refractivity contribution is 5.78. The van der Waals surface area contributed by atoms with Crippen molar-refractivity contribution in [1.29, 1.82) is 0 Å². The molecule has 0 amide bonds. The van der Waals surface area contributed by atoms with Crippen LogP contribution in [0.15, 0.2) is 48.5 Å². The van der Waals surface area contributed by atoms with Gasteiger partial charge < -0.3 is 19.7 Å². The standard InChI is InChI=1S/C21H23NO5/c23-8-9-26-16-5-3-4-15(10-16)11-22-12-18-17-6-1-2-7-19(17)27-14-21(18,13-22)20(24)25/h1-7,10,18,23H,8-9,11-14H2,(H,24,25)/t18-,21-/m0/s1. The molecular formula is C21H23NO5. The second kappa shape index (κ2) is 7.21. The van der Waals surface area contributed by atoms with Crippen LogP contribution < -0.4 is 9.47 Å². The van der Waals surface area contributed by atoms with Gasteiger partial charge in [0.2, 0.25) is 0 Å². The number of carbonyl (C=O) groups is 1. The molecule has 2 atom stereocenters. The first-order chi connectivity index (χ1) is 13.1. The predicted molar refractivity (Wildman–Crippen MR) is 99.0 cm³/mol. The van der Waals surface area contributed by atoms with Gasteiger partial charge in [-0.1, -0.05) is 30.3 Å². The van der Waals surface area contributed by atoms with Crippen LogP contribution in [0.1, 0.15) is 17.0 Å². The van der Waals surface area contributed by atoms with Crippen LogP contribution in [0.5, 0.6) is 11.5 Å². The molecule has 0 aliphatic carbocycles. The number of hydrogen-bond acceptors (Lipinski definition) is 5. The zero-order valence-electron chi connectivity index (χ0n) is 15.0. The van der Waals surface area contributed by atoms with Crippen LogP contribution >= 0.6 is 0 Å². The number of para-hydroxylation sites is 1. The Morgan fingerprint density at radius 3 is 2.93 bits per heavy atom. The molecule has 2 aromatic rings. The number of benzene rings is 2. The van der Waals surface area contributed by atoms with Gasteiger partial charge in [0.1, 0.15) is 30.1 Å². The summed E-state index contributed by atoms with van der Waals surface area (Å²) in [4.78, 5) is 14.4. The highest BCUT2D eigenvalue weighted by atomic mass is 16.5. The molecule has 2 N–H and O–H groups in total. The summed E-state index contributed by atoms with van der Waals surface area (Å²) in [5, 5.41) is 18.9. The molecule has 1 saturated heterocycles. The van der Waals surface area contributed by atoms with E-state index in [0.29, 0.717) is 25.4 Å². The van der Waals surface area contributed by atoms with Crippen LogP contribution in [0.25, 0.3) is 0 Å². The Morgan fingerprint density at radius 2 is 2.11 bits per heavy atom. The van der Waals surface area contributed by atoms with Crippen LogP contribution in [-0.2, 0) is 11.3 Å². The van der Waals surface area contributed by atoms with Crippen molar-refractivity contribution in [2.75, 3.05) is 32.9 Å². The van der Waals surface area contributed by atoms with Gasteiger partial charge in [-0.05, 0) is 29.3 Å². The lowest BCUT2D eigenvalue weighted by molar-refractivity contribution is -0.151. The normalized spacial score (nSPS) is 24.0. The SMILES string of the molecule is O=C(O)[C@@]12COc3ccccc3[C@@H]1CN(Cc1cccc(OCCO)c1)C2. The van der Waals surface area contributed by atoms with Gasteiger partial charge in [-0.2, -0.15) is 0 Å². The van der Waals surface area contributed by atoms with Gasteiger partial charge in [-0.25, -0.2) is 0 Å². The Kier molecular flexibility index (Phi) is 4.76. The number of rotatable bonds is 6. The summed E-state index contributed by atoms with van der Waals surface area (Å²) in [7, 11) is 0. The minimum Gasteiger partial charge on any atom is -0.492 e. The number of aliphatic hydroxyl groups is 1. The van der Waals surface area contributed by atoms with E-state index in [1.807, 2.05) is 48.5 Å². The maximum absolute atomic E-state index is 12.2. The summed E-state index contributed by atoms with van der Waals surface area (Å²) < 4.78 is 11.3. The Balaban J connectivity index is 1.56. The topological polar surface area (TPSA) is 79.2 Å². The summed E-state index contributed by atoms with van der Waals surface area (Å²) in [6.07, 6.45) is 0. The van der Waals surface area contributed by atoms with Crippen molar-refractivity contribution in [2.24, 2.45) is 5.41 Å². The molecule has 0 saturated carbocycles. The largest absolute Gasteiger partial charge is 0.492 e. The number of nitrogens with zero attached hydrogens (tertiary/aromatic N) is 1. The van der Waals surface area contributed by atoms with Gasteiger partial charge in [0.05, 0.1) is 6.61 Å². The fourth-order valence-corrected chi connectivity index (χ4v) is 4.21. The number of fused-ring (bicyclic) bond motifs is 3. The van der Waals surface area contributed by atoms with E-state index in [1.54, 1.807) is 0 Å². The van der Waals surface area contributed by atoms with Gasteiger partial charge in [0.15, 0.2) is 0 Å². The molecule has 142 valence electrons. The molecule has 1 fully saturated rings. The lowest BCUT2D eigenvalue weighted by atomic mass is 9.73. The first-order valence-electron chi connectivity index (χ1n) is 9.12. The average molecular weight is 369 g/mol. The number of carboxylic acids is 1. The van der Waals surface area contributed by atoms with Crippen molar-refractivity contribution in [2.45, 2.75) is 12.5 Å². The third kappa shape index (κ3) is 3.26.